The van der Waals surface area contributed by atoms with E-state index in [-0.39, 0.29) is 22.6 Å². The number of rotatable bonds is 7. The number of aliphatic hydroxyl groups is 2. The van der Waals surface area contributed by atoms with Gasteiger partial charge in [-0.2, -0.15) is 0 Å². The molecule has 0 spiro atoms. The Balaban J connectivity index is 1.88. The average molecular weight is 455 g/mol. The molecule has 0 amide bonds. The van der Waals surface area contributed by atoms with Crippen LogP contribution < -0.4 is 11.2 Å². The van der Waals surface area contributed by atoms with Gasteiger partial charge < -0.3 is 14.9 Å². The zero-order valence-electron chi connectivity index (χ0n) is 16.4. The first-order valence-electron chi connectivity index (χ1n) is 9.29. The van der Waals surface area contributed by atoms with Crippen molar-refractivity contribution in [1.29, 1.82) is 0 Å². The molecule has 1 aliphatic rings. The van der Waals surface area contributed by atoms with E-state index >= 15 is 0 Å². The van der Waals surface area contributed by atoms with E-state index in [1.165, 1.54) is 13.1 Å². The summed E-state index contributed by atoms with van der Waals surface area (Å²) in [4.78, 5) is 35.2. The summed E-state index contributed by atoms with van der Waals surface area (Å²) in [5.74, 6) is -0.586. The average Bonchev–Trinajstić information content (AvgIpc) is 3.11. The fourth-order valence-corrected chi connectivity index (χ4v) is 4.53. The lowest BCUT2D eigenvalue weighted by Crippen LogP contribution is -2.43. The van der Waals surface area contributed by atoms with Crippen LogP contribution >= 0.6 is 0 Å². The van der Waals surface area contributed by atoms with E-state index in [0.717, 1.165) is 33.4 Å². The van der Waals surface area contributed by atoms with Gasteiger partial charge >= 0.3 is 5.69 Å². The van der Waals surface area contributed by atoms with Crippen LogP contribution in [0, 0.1) is 17.0 Å². The minimum Gasteiger partial charge on any atom is -0.394 e. The van der Waals surface area contributed by atoms with Gasteiger partial charge in [0.15, 0.2) is 9.84 Å². The van der Waals surface area contributed by atoms with Gasteiger partial charge in [-0.1, -0.05) is 0 Å². The Kier molecular flexibility index (Phi) is 6.40. The van der Waals surface area contributed by atoms with Gasteiger partial charge in [-0.3, -0.25) is 24.0 Å². The Labute approximate surface area is 176 Å². The molecule has 2 aromatic rings. The number of nitro benzene ring substituents is 1. The molecule has 0 radical (unpaired) electrons. The molecule has 2 N–H and O–H groups in total. The molecule has 0 saturated carbocycles. The summed E-state index contributed by atoms with van der Waals surface area (Å²) in [5, 5.41) is 29.8. The lowest BCUT2D eigenvalue weighted by atomic mass is 10.2. The first-order valence-corrected chi connectivity index (χ1v) is 10.9. The van der Waals surface area contributed by atoms with Crippen LogP contribution in [0.3, 0.4) is 0 Å². The van der Waals surface area contributed by atoms with Crippen molar-refractivity contribution in [3.05, 3.63) is 67.0 Å². The molecule has 1 saturated heterocycles. The molecule has 0 unspecified atom stereocenters. The molecular formula is C18H21N3O9S. The minimum absolute atomic E-state index is 0.0177. The van der Waals surface area contributed by atoms with Crippen molar-refractivity contribution >= 4 is 15.5 Å². The van der Waals surface area contributed by atoms with Gasteiger partial charge in [-0.05, 0) is 19.1 Å². The smallest absolute Gasteiger partial charge is 0.333 e. The molecule has 13 heteroatoms. The highest BCUT2D eigenvalue weighted by atomic mass is 32.2. The predicted molar refractivity (Wildman–Crippen MR) is 106 cm³/mol. The summed E-state index contributed by atoms with van der Waals surface area (Å²) >= 11 is 0. The molecule has 1 aromatic heterocycles. The maximum atomic E-state index is 12.8. The van der Waals surface area contributed by atoms with Gasteiger partial charge in [0.05, 0.1) is 28.3 Å². The highest BCUT2D eigenvalue weighted by Crippen LogP contribution is 2.27. The third kappa shape index (κ3) is 4.58. The molecule has 168 valence electrons. The molecule has 0 aliphatic carbocycles. The Hall–Kier alpha value is -2.87. The van der Waals surface area contributed by atoms with Crippen molar-refractivity contribution in [2.24, 2.45) is 0 Å². The maximum Gasteiger partial charge on any atom is 0.333 e. The summed E-state index contributed by atoms with van der Waals surface area (Å²) in [6.45, 7) is 0.560. The van der Waals surface area contributed by atoms with Crippen molar-refractivity contribution in [3.8, 4) is 0 Å². The Morgan fingerprint density at radius 2 is 1.90 bits per heavy atom. The van der Waals surface area contributed by atoms with E-state index in [9.17, 15) is 38.3 Å². The van der Waals surface area contributed by atoms with E-state index < -0.39 is 63.3 Å². The monoisotopic (exact) mass is 455 g/mol. The largest absolute Gasteiger partial charge is 0.394 e. The number of non-ortho nitro benzene ring substituents is 1. The quantitative estimate of drug-likeness (QED) is 0.406. The number of nitrogens with zero attached hydrogens (tertiary/aromatic N) is 3. The highest BCUT2D eigenvalue weighted by molar-refractivity contribution is 7.91. The van der Waals surface area contributed by atoms with Gasteiger partial charge in [0.25, 0.3) is 11.2 Å². The molecule has 3 atom stereocenters. The van der Waals surface area contributed by atoms with Crippen LogP contribution in [0.15, 0.2) is 44.9 Å². The van der Waals surface area contributed by atoms with Crippen LogP contribution in [-0.2, 0) is 21.1 Å². The second-order valence-corrected chi connectivity index (χ2v) is 9.25. The van der Waals surface area contributed by atoms with Crippen LogP contribution in [0.25, 0.3) is 0 Å². The van der Waals surface area contributed by atoms with Crippen LogP contribution in [-0.4, -0.2) is 57.3 Å². The zero-order valence-corrected chi connectivity index (χ0v) is 17.3. The van der Waals surface area contributed by atoms with Gasteiger partial charge in [-0.25, -0.2) is 13.2 Å². The molecule has 1 aliphatic heterocycles. The molecule has 12 nitrogen and oxygen atoms in total. The van der Waals surface area contributed by atoms with E-state index in [4.69, 9.17) is 4.74 Å². The molecule has 1 aromatic carbocycles. The third-order valence-electron chi connectivity index (χ3n) is 5.05. The Bertz CT molecular complexity index is 1200. The van der Waals surface area contributed by atoms with Crippen molar-refractivity contribution in [2.45, 2.75) is 43.2 Å². The lowest BCUT2D eigenvalue weighted by Gasteiger charge is -2.17. The van der Waals surface area contributed by atoms with E-state index in [1.807, 2.05) is 0 Å². The van der Waals surface area contributed by atoms with E-state index in [1.54, 1.807) is 0 Å². The Morgan fingerprint density at radius 3 is 2.45 bits per heavy atom. The van der Waals surface area contributed by atoms with E-state index in [2.05, 4.69) is 0 Å². The minimum atomic E-state index is -3.94. The standard InChI is InChI=1S/C18H21N3O9S/c1-11-9-20(16-8-14(23)15(10-22)30-16)18(25)19(17(11)24)6-7-31(28,29)13-4-2-12(3-5-13)21(26)27/h2-5,9,14-16,22-23H,6-8,10H2,1H3/t14-,15+,16+/m0/s1. The Morgan fingerprint density at radius 1 is 1.26 bits per heavy atom. The fraction of sp³-hybridized carbons (Fsp3) is 0.444. The van der Waals surface area contributed by atoms with Gasteiger partial charge in [0.2, 0.25) is 0 Å². The van der Waals surface area contributed by atoms with Crippen LogP contribution in [0.1, 0.15) is 18.2 Å². The number of aromatic nitrogens is 2. The summed E-state index contributed by atoms with van der Waals surface area (Å²) in [6, 6.07) is 4.29. The van der Waals surface area contributed by atoms with Gasteiger partial charge in [-0.15, -0.1) is 0 Å². The molecular weight excluding hydrogens is 434 g/mol. The summed E-state index contributed by atoms with van der Waals surface area (Å²) in [6.07, 6.45) is -1.51. The van der Waals surface area contributed by atoms with Crippen LogP contribution in [0.5, 0.6) is 0 Å². The number of aryl methyl sites for hydroxylation is 1. The number of benzene rings is 1. The summed E-state index contributed by atoms with van der Waals surface area (Å²) in [5.41, 5.74) is -1.59. The number of nitro groups is 1. The molecule has 31 heavy (non-hydrogen) atoms. The first kappa shape index (κ1) is 22.8. The van der Waals surface area contributed by atoms with Crippen molar-refractivity contribution < 1.29 is 28.3 Å². The topological polar surface area (TPSA) is 171 Å². The second kappa shape index (κ2) is 8.70. The van der Waals surface area contributed by atoms with Crippen LogP contribution in [0.2, 0.25) is 0 Å². The van der Waals surface area contributed by atoms with Crippen molar-refractivity contribution in [3.63, 3.8) is 0 Å². The van der Waals surface area contributed by atoms with Crippen LogP contribution in [0.4, 0.5) is 5.69 Å². The zero-order chi connectivity index (χ0) is 22.9. The molecule has 3 rings (SSSR count). The van der Waals surface area contributed by atoms with Gasteiger partial charge in [0.1, 0.15) is 12.3 Å². The molecule has 1 fully saturated rings. The second-order valence-electron chi connectivity index (χ2n) is 7.14. The summed E-state index contributed by atoms with van der Waals surface area (Å²) < 4.78 is 32.5. The lowest BCUT2D eigenvalue weighted by molar-refractivity contribution is -0.384. The predicted octanol–water partition coefficient (Wildman–Crippen LogP) is -0.659. The van der Waals surface area contributed by atoms with Gasteiger partial charge in [0, 0.05) is 36.9 Å². The first-order chi connectivity index (χ1) is 14.5. The number of hydrogen-bond acceptors (Lipinski definition) is 9. The normalized spacial score (nSPS) is 21.3. The van der Waals surface area contributed by atoms with Crippen molar-refractivity contribution in [2.75, 3.05) is 12.4 Å². The van der Waals surface area contributed by atoms with E-state index in [0.29, 0.717) is 0 Å². The molecule has 2 heterocycles. The number of ether oxygens (including phenoxy) is 1. The SMILES string of the molecule is Cc1cn([C@H]2C[C@H](O)[C@@H](CO)O2)c(=O)n(CCS(=O)(=O)c2ccc([N+](=O)[O-])cc2)c1=O. The number of hydrogen-bond donors (Lipinski definition) is 2. The number of sulfone groups is 1. The third-order valence-corrected chi connectivity index (χ3v) is 6.76. The number of aliphatic hydroxyl groups excluding tert-OH is 2. The summed E-state index contributed by atoms with van der Waals surface area (Å²) in [7, 11) is -3.94. The van der Waals surface area contributed by atoms with Crippen molar-refractivity contribution in [1.82, 2.24) is 9.13 Å². The highest BCUT2D eigenvalue weighted by Gasteiger charge is 2.35. The molecule has 0 bridgehead atoms. The maximum absolute atomic E-state index is 12.8. The fourth-order valence-electron chi connectivity index (χ4n) is 3.32.